The lowest BCUT2D eigenvalue weighted by molar-refractivity contribution is -0.0903. The van der Waals surface area contributed by atoms with E-state index < -0.39 is 11.2 Å². The SMILES string of the molecule is CCC[B]OC(C)(C)C(C)(C)O. The summed E-state index contributed by atoms with van der Waals surface area (Å²) in [7, 11) is 1.78. The van der Waals surface area contributed by atoms with Crippen LogP contribution in [0.2, 0.25) is 6.32 Å². The van der Waals surface area contributed by atoms with Crippen molar-refractivity contribution < 1.29 is 9.76 Å². The van der Waals surface area contributed by atoms with E-state index in [1.807, 2.05) is 13.8 Å². The summed E-state index contributed by atoms with van der Waals surface area (Å²) in [6.07, 6.45) is 2.00. The molecule has 0 aromatic carbocycles. The van der Waals surface area contributed by atoms with E-state index in [-0.39, 0.29) is 0 Å². The summed E-state index contributed by atoms with van der Waals surface area (Å²) in [5.41, 5.74) is -1.32. The standard InChI is InChI=1S/C9H20BO2/c1-6-7-10-12-9(4,5)8(2,3)11/h11H,6-7H2,1-5H3. The lowest BCUT2D eigenvalue weighted by Gasteiger charge is -2.37. The molecule has 0 aliphatic rings. The van der Waals surface area contributed by atoms with Gasteiger partial charge in [0.2, 0.25) is 0 Å². The molecule has 1 N–H and O–H groups in total. The maximum atomic E-state index is 9.70. The van der Waals surface area contributed by atoms with E-state index in [9.17, 15) is 5.11 Å². The Balaban J connectivity index is 3.88. The molecule has 0 saturated heterocycles. The highest BCUT2D eigenvalue weighted by atomic mass is 16.5. The molecule has 1 radical (unpaired) electrons. The zero-order valence-electron chi connectivity index (χ0n) is 8.85. The fraction of sp³-hybridized carbons (Fsp3) is 1.00. The van der Waals surface area contributed by atoms with E-state index >= 15 is 0 Å². The van der Waals surface area contributed by atoms with Crippen LogP contribution in [0.5, 0.6) is 0 Å². The average Bonchev–Trinajstić information content (AvgIpc) is 1.85. The van der Waals surface area contributed by atoms with Gasteiger partial charge in [-0.1, -0.05) is 19.7 Å². The number of hydrogen-bond donors (Lipinski definition) is 1. The minimum Gasteiger partial charge on any atom is -0.433 e. The molecular weight excluding hydrogens is 151 g/mol. The van der Waals surface area contributed by atoms with Crippen molar-refractivity contribution in [2.45, 2.75) is 58.6 Å². The lowest BCUT2D eigenvalue weighted by atomic mass is 9.85. The molecule has 0 aliphatic heterocycles. The monoisotopic (exact) mass is 171 g/mol. The molecule has 0 fully saturated rings. The summed E-state index contributed by atoms with van der Waals surface area (Å²) in [6, 6.07) is 0. The third kappa shape index (κ3) is 3.59. The predicted molar refractivity (Wildman–Crippen MR) is 52.3 cm³/mol. The highest BCUT2D eigenvalue weighted by Gasteiger charge is 2.35. The first kappa shape index (κ1) is 12.0. The summed E-state index contributed by atoms with van der Waals surface area (Å²) in [4.78, 5) is 0. The Morgan fingerprint density at radius 2 is 1.75 bits per heavy atom. The van der Waals surface area contributed by atoms with Crippen LogP contribution in [0.1, 0.15) is 41.0 Å². The van der Waals surface area contributed by atoms with Crippen molar-refractivity contribution in [2.75, 3.05) is 0 Å². The minimum absolute atomic E-state index is 0.512. The smallest absolute Gasteiger partial charge is 0.293 e. The molecule has 2 nitrogen and oxygen atoms in total. The van der Waals surface area contributed by atoms with E-state index in [1.54, 1.807) is 21.3 Å². The van der Waals surface area contributed by atoms with Crippen molar-refractivity contribution in [3.8, 4) is 0 Å². The maximum Gasteiger partial charge on any atom is 0.293 e. The van der Waals surface area contributed by atoms with Crippen molar-refractivity contribution in [2.24, 2.45) is 0 Å². The van der Waals surface area contributed by atoms with Gasteiger partial charge in [0.1, 0.15) is 0 Å². The predicted octanol–water partition coefficient (Wildman–Crippen LogP) is 2.00. The van der Waals surface area contributed by atoms with Crippen LogP contribution in [0.25, 0.3) is 0 Å². The van der Waals surface area contributed by atoms with E-state index in [0.29, 0.717) is 0 Å². The van der Waals surface area contributed by atoms with Crippen LogP contribution in [0, 0.1) is 0 Å². The largest absolute Gasteiger partial charge is 0.433 e. The van der Waals surface area contributed by atoms with Crippen LogP contribution >= 0.6 is 0 Å². The fourth-order valence-corrected chi connectivity index (χ4v) is 0.529. The quantitative estimate of drug-likeness (QED) is 0.506. The van der Waals surface area contributed by atoms with Crippen molar-refractivity contribution in [3.05, 3.63) is 0 Å². The minimum atomic E-state index is -0.808. The number of hydrogen-bond acceptors (Lipinski definition) is 2. The zero-order chi connectivity index (χ0) is 9.83. The Morgan fingerprint density at radius 1 is 1.25 bits per heavy atom. The van der Waals surface area contributed by atoms with Crippen LogP contribution in [0.4, 0.5) is 0 Å². The topological polar surface area (TPSA) is 29.5 Å². The lowest BCUT2D eigenvalue weighted by Crippen LogP contribution is -2.47. The number of aliphatic hydroxyl groups is 1. The van der Waals surface area contributed by atoms with Crippen LogP contribution in [0.3, 0.4) is 0 Å². The van der Waals surface area contributed by atoms with Gasteiger partial charge >= 0.3 is 0 Å². The van der Waals surface area contributed by atoms with Crippen molar-refractivity contribution >= 4 is 7.48 Å². The second kappa shape index (κ2) is 4.29. The fourth-order valence-electron chi connectivity index (χ4n) is 0.529. The number of rotatable bonds is 5. The van der Waals surface area contributed by atoms with Gasteiger partial charge in [-0.2, -0.15) is 0 Å². The maximum absolute atomic E-state index is 9.70. The summed E-state index contributed by atoms with van der Waals surface area (Å²) in [6.45, 7) is 9.38. The highest BCUT2D eigenvalue weighted by Crippen LogP contribution is 2.24. The molecule has 0 rings (SSSR count). The summed E-state index contributed by atoms with van der Waals surface area (Å²) in [5, 5.41) is 9.70. The molecule has 0 amide bonds. The summed E-state index contributed by atoms with van der Waals surface area (Å²) >= 11 is 0. The molecule has 0 bridgehead atoms. The first-order chi connectivity index (χ1) is 5.31. The second-order valence-corrected chi connectivity index (χ2v) is 4.14. The summed E-state index contributed by atoms with van der Waals surface area (Å²) in [5.74, 6) is 0. The molecular formula is C9H20BO2. The van der Waals surface area contributed by atoms with Crippen LogP contribution in [-0.4, -0.2) is 23.8 Å². The average molecular weight is 171 g/mol. The normalized spacial score (nSPS) is 13.2. The Hall–Kier alpha value is -0.0151. The molecule has 71 valence electrons. The van der Waals surface area contributed by atoms with Gasteiger partial charge in [-0.15, -0.1) is 0 Å². The van der Waals surface area contributed by atoms with Crippen LogP contribution in [-0.2, 0) is 4.65 Å². The molecule has 3 heteroatoms. The van der Waals surface area contributed by atoms with Gasteiger partial charge in [-0.25, -0.2) is 0 Å². The third-order valence-electron chi connectivity index (χ3n) is 2.26. The van der Waals surface area contributed by atoms with E-state index in [2.05, 4.69) is 6.92 Å². The van der Waals surface area contributed by atoms with E-state index in [1.165, 1.54) is 0 Å². The van der Waals surface area contributed by atoms with Gasteiger partial charge < -0.3 is 9.76 Å². The highest BCUT2D eigenvalue weighted by molar-refractivity contribution is 6.27. The molecule has 0 spiro atoms. The van der Waals surface area contributed by atoms with E-state index in [4.69, 9.17) is 4.65 Å². The van der Waals surface area contributed by atoms with Gasteiger partial charge in [0.25, 0.3) is 7.48 Å². The van der Waals surface area contributed by atoms with Gasteiger partial charge in [-0.05, 0) is 27.7 Å². The van der Waals surface area contributed by atoms with Crippen molar-refractivity contribution in [1.82, 2.24) is 0 Å². The zero-order valence-corrected chi connectivity index (χ0v) is 8.85. The molecule has 12 heavy (non-hydrogen) atoms. The molecule has 0 unspecified atom stereocenters. The van der Waals surface area contributed by atoms with Gasteiger partial charge in [0.15, 0.2) is 0 Å². The van der Waals surface area contributed by atoms with Gasteiger partial charge in [0, 0.05) is 0 Å². The Labute approximate surface area is 76.6 Å². The first-order valence-corrected chi connectivity index (χ1v) is 4.53. The molecule has 0 atom stereocenters. The molecule has 0 aromatic heterocycles. The van der Waals surface area contributed by atoms with Crippen LogP contribution in [0.15, 0.2) is 0 Å². The second-order valence-electron chi connectivity index (χ2n) is 4.14. The first-order valence-electron chi connectivity index (χ1n) is 4.53. The Bertz CT molecular complexity index is 127. The molecule has 0 aliphatic carbocycles. The third-order valence-corrected chi connectivity index (χ3v) is 2.26. The molecule has 0 heterocycles. The Kier molecular flexibility index (Phi) is 4.28. The molecule has 0 aromatic rings. The van der Waals surface area contributed by atoms with Crippen molar-refractivity contribution in [3.63, 3.8) is 0 Å². The van der Waals surface area contributed by atoms with Crippen molar-refractivity contribution in [1.29, 1.82) is 0 Å². The molecule has 0 saturated carbocycles. The van der Waals surface area contributed by atoms with Gasteiger partial charge in [0.05, 0.1) is 11.2 Å². The van der Waals surface area contributed by atoms with E-state index in [0.717, 1.165) is 12.7 Å². The summed E-state index contributed by atoms with van der Waals surface area (Å²) < 4.78 is 5.46. The van der Waals surface area contributed by atoms with Gasteiger partial charge in [-0.3, -0.25) is 0 Å². The van der Waals surface area contributed by atoms with Crippen LogP contribution < -0.4 is 0 Å². The Morgan fingerprint density at radius 3 is 2.08 bits per heavy atom.